The first-order valence-electron chi connectivity index (χ1n) is 5.54. The van der Waals surface area contributed by atoms with E-state index in [1.165, 1.54) is 26.2 Å². The number of nitrogens with zero attached hydrogens (tertiary/aromatic N) is 3. The number of likely N-dealkylation sites (N-methyl/N-ethyl adjacent to an activating group) is 2. The molecule has 88 valence electrons. The molecule has 5 heteroatoms. The minimum absolute atomic E-state index is 0.203. The molecule has 1 rings (SSSR count). The molecule has 4 N–H and O–H groups in total. The molecule has 0 atom stereocenters. The van der Waals surface area contributed by atoms with E-state index >= 15 is 0 Å². The number of piperazine rings is 1. The molecule has 0 aromatic carbocycles. The van der Waals surface area contributed by atoms with Gasteiger partial charge in [-0.25, -0.2) is 4.99 Å². The van der Waals surface area contributed by atoms with Crippen LogP contribution in [-0.4, -0.2) is 75.3 Å². The molecule has 0 aromatic rings. The SMILES string of the molecule is C[N+]1(C)CC[N+](C)(CCN=C(N)N)CC1. The van der Waals surface area contributed by atoms with E-state index in [1.54, 1.807) is 0 Å². The number of hydrogen-bond acceptors (Lipinski definition) is 1. The third-order valence-electron chi connectivity index (χ3n) is 3.42. The molecule has 1 aliphatic heterocycles. The minimum atomic E-state index is 0.203. The van der Waals surface area contributed by atoms with Gasteiger partial charge in [-0.1, -0.05) is 0 Å². The first kappa shape index (κ1) is 12.3. The highest BCUT2D eigenvalue weighted by Gasteiger charge is 2.33. The second-order valence-corrected chi connectivity index (χ2v) is 5.48. The van der Waals surface area contributed by atoms with Gasteiger partial charge < -0.3 is 20.4 Å². The molecule has 0 aliphatic carbocycles. The molecule has 1 heterocycles. The van der Waals surface area contributed by atoms with E-state index in [2.05, 4.69) is 26.1 Å². The van der Waals surface area contributed by atoms with Crippen LogP contribution in [0.5, 0.6) is 0 Å². The van der Waals surface area contributed by atoms with E-state index in [-0.39, 0.29) is 5.96 Å². The van der Waals surface area contributed by atoms with E-state index in [0.29, 0.717) is 0 Å². The van der Waals surface area contributed by atoms with Gasteiger partial charge in [-0.2, -0.15) is 0 Å². The highest BCUT2D eigenvalue weighted by Crippen LogP contribution is 2.12. The summed E-state index contributed by atoms with van der Waals surface area (Å²) in [5.74, 6) is 0.203. The fourth-order valence-electron chi connectivity index (χ4n) is 1.89. The Bertz CT molecular complexity index is 232. The van der Waals surface area contributed by atoms with Crippen LogP contribution in [-0.2, 0) is 0 Å². The summed E-state index contributed by atoms with van der Waals surface area (Å²) in [5.41, 5.74) is 10.6. The van der Waals surface area contributed by atoms with Gasteiger partial charge in [-0.3, -0.25) is 0 Å². The van der Waals surface area contributed by atoms with Crippen molar-refractivity contribution in [2.75, 3.05) is 60.4 Å². The van der Waals surface area contributed by atoms with Gasteiger partial charge in [0.2, 0.25) is 0 Å². The monoisotopic (exact) mass is 215 g/mol. The summed E-state index contributed by atoms with van der Waals surface area (Å²) < 4.78 is 2.23. The fourth-order valence-corrected chi connectivity index (χ4v) is 1.89. The maximum atomic E-state index is 5.31. The number of quaternary nitrogens is 2. The van der Waals surface area contributed by atoms with E-state index in [1.807, 2.05) is 0 Å². The van der Waals surface area contributed by atoms with Crippen LogP contribution in [0.2, 0.25) is 0 Å². The molecule has 0 unspecified atom stereocenters. The zero-order valence-corrected chi connectivity index (χ0v) is 10.2. The van der Waals surface area contributed by atoms with Crippen LogP contribution in [0, 0.1) is 0 Å². The van der Waals surface area contributed by atoms with Crippen LogP contribution in [0.3, 0.4) is 0 Å². The van der Waals surface area contributed by atoms with Gasteiger partial charge in [-0.15, -0.1) is 0 Å². The molecule has 0 amide bonds. The predicted octanol–water partition coefficient (Wildman–Crippen LogP) is -1.20. The maximum absolute atomic E-state index is 5.31. The normalized spacial score (nSPS) is 23.4. The third-order valence-corrected chi connectivity index (χ3v) is 3.42. The molecule has 0 spiro atoms. The van der Waals surface area contributed by atoms with Crippen molar-refractivity contribution in [3.05, 3.63) is 0 Å². The molecular weight excluding hydrogens is 190 g/mol. The van der Waals surface area contributed by atoms with Crippen LogP contribution < -0.4 is 11.5 Å². The van der Waals surface area contributed by atoms with E-state index in [4.69, 9.17) is 11.5 Å². The average molecular weight is 215 g/mol. The second kappa shape index (κ2) is 4.37. The van der Waals surface area contributed by atoms with Crippen molar-refractivity contribution >= 4 is 5.96 Å². The lowest BCUT2D eigenvalue weighted by Gasteiger charge is -2.44. The topological polar surface area (TPSA) is 64.4 Å². The van der Waals surface area contributed by atoms with E-state index < -0.39 is 0 Å². The van der Waals surface area contributed by atoms with Gasteiger partial charge in [0.05, 0.1) is 34.2 Å². The van der Waals surface area contributed by atoms with E-state index in [9.17, 15) is 0 Å². The van der Waals surface area contributed by atoms with Gasteiger partial charge in [0, 0.05) is 0 Å². The highest BCUT2D eigenvalue weighted by atomic mass is 15.4. The minimum Gasteiger partial charge on any atom is -0.370 e. The Hall–Kier alpha value is -0.810. The van der Waals surface area contributed by atoms with Crippen LogP contribution in [0.1, 0.15) is 0 Å². The van der Waals surface area contributed by atoms with Crippen LogP contribution in [0.25, 0.3) is 0 Å². The quantitative estimate of drug-likeness (QED) is 0.353. The zero-order chi connectivity index (χ0) is 11.5. The zero-order valence-electron chi connectivity index (χ0n) is 10.2. The lowest BCUT2D eigenvalue weighted by atomic mass is 10.2. The summed E-state index contributed by atoms with van der Waals surface area (Å²) in [7, 11) is 6.88. The van der Waals surface area contributed by atoms with Gasteiger partial charge in [0.1, 0.15) is 26.2 Å². The Morgan fingerprint density at radius 1 is 1.07 bits per heavy atom. The van der Waals surface area contributed by atoms with Gasteiger partial charge >= 0.3 is 0 Å². The Morgan fingerprint density at radius 3 is 2.07 bits per heavy atom. The van der Waals surface area contributed by atoms with Gasteiger partial charge in [0.15, 0.2) is 5.96 Å². The molecule has 1 aliphatic rings. The molecular formula is C10H25N5+2. The number of nitrogens with two attached hydrogens (primary N) is 2. The summed E-state index contributed by atoms with van der Waals surface area (Å²) in [5, 5.41) is 0. The predicted molar refractivity (Wildman–Crippen MR) is 63.3 cm³/mol. The highest BCUT2D eigenvalue weighted by molar-refractivity contribution is 5.75. The third kappa shape index (κ3) is 4.05. The number of aliphatic imine (C=N–C) groups is 1. The fraction of sp³-hybridized carbons (Fsp3) is 0.900. The molecule has 0 bridgehead atoms. The molecule has 1 saturated heterocycles. The maximum Gasteiger partial charge on any atom is 0.186 e. The van der Waals surface area contributed by atoms with Crippen molar-refractivity contribution in [2.45, 2.75) is 0 Å². The summed E-state index contributed by atoms with van der Waals surface area (Å²) in [6.07, 6.45) is 0. The van der Waals surface area contributed by atoms with Gasteiger partial charge in [0.25, 0.3) is 0 Å². The smallest absolute Gasteiger partial charge is 0.186 e. The first-order valence-corrected chi connectivity index (χ1v) is 5.54. The second-order valence-electron chi connectivity index (χ2n) is 5.48. The molecule has 0 aromatic heterocycles. The van der Waals surface area contributed by atoms with Crippen LogP contribution in [0.4, 0.5) is 0 Å². The van der Waals surface area contributed by atoms with Crippen LogP contribution in [0.15, 0.2) is 4.99 Å². The molecule has 0 radical (unpaired) electrons. The lowest BCUT2D eigenvalue weighted by Crippen LogP contribution is -2.63. The number of guanidine groups is 1. The molecule has 0 saturated carbocycles. The van der Waals surface area contributed by atoms with Crippen molar-refractivity contribution in [2.24, 2.45) is 16.5 Å². The van der Waals surface area contributed by atoms with Crippen molar-refractivity contribution in [3.8, 4) is 0 Å². The summed E-state index contributed by atoms with van der Waals surface area (Å²) in [6.45, 7) is 6.68. The van der Waals surface area contributed by atoms with Crippen molar-refractivity contribution in [3.63, 3.8) is 0 Å². The van der Waals surface area contributed by atoms with Gasteiger partial charge in [-0.05, 0) is 0 Å². The number of rotatable bonds is 3. The average Bonchev–Trinajstić information content (AvgIpc) is 2.11. The number of hydrogen-bond donors (Lipinski definition) is 2. The Labute approximate surface area is 92.5 Å². The van der Waals surface area contributed by atoms with Crippen LogP contribution >= 0.6 is 0 Å². The largest absolute Gasteiger partial charge is 0.370 e. The van der Waals surface area contributed by atoms with Crippen molar-refractivity contribution in [1.82, 2.24) is 0 Å². The Kier molecular flexibility index (Phi) is 3.57. The summed E-state index contributed by atoms with van der Waals surface area (Å²) >= 11 is 0. The lowest BCUT2D eigenvalue weighted by molar-refractivity contribution is -1.01. The standard InChI is InChI=1S/C10H25N5/c1-14(2)6-8-15(3,9-7-14)5-4-13-10(11)12/h4-9H2,1-3H3,(H4,11,12,13)/q+2. The van der Waals surface area contributed by atoms with Crippen molar-refractivity contribution < 1.29 is 8.97 Å². The molecule has 5 nitrogen and oxygen atoms in total. The summed E-state index contributed by atoms with van der Waals surface area (Å²) in [6, 6.07) is 0. The Morgan fingerprint density at radius 2 is 1.60 bits per heavy atom. The first-order chi connectivity index (χ1) is 6.83. The van der Waals surface area contributed by atoms with Crippen molar-refractivity contribution in [1.29, 1.82) is 0 Å². The Balaban J connectivity index is 2.38. The molecule has 1 fully saturated rings. The summed E-state index contributed by atoms with van der Waals surface area (Å²) in [4.78, 5) is 4.05. The van der Waals surface area contributed by atoms with E-state index in [0.717, 1.165) is 22.1 Å². The molecule has 15 heavy (non-hydrogen) atoms.